The normalized spacial score (nSPS) is 13.9. The lowest BCUT2D eigenvalue weighted by Crippen LogP contribution is -2.19. The molecule has 109 valence electrons. The molecule has 0 unspecified atom stereocenters. The molecule has 0 fully saturated rings. The van der Waals surface area contributed by atoms with Crippen LogP contribution in [0, 0.1) is 17.3 Å². The summed E-state index contributed by atoms with van der Waals surface area (Å²) in [4.78, 5) is 0. The summed E-state index contributed by atoms with van der Waals surface area (Å²) in [6, 6.07) is 0. The Labute approximate surface area is 120 Å². The van der Waals surface area contributed by atoms with Crippen LogP contribution in [0.4, 0.5) is 0 Å². The minimum atomic E-state index is 0.125. The Morgan fingerprint density at radius 2 is 1.68 bits per heavy atom. The first kappa shape index (κ1) is 18.0. The molecule has 0 aromatic heterocycles. The molecule has 0 saturated heterocycles. The van der Waals surface area contributed by atoms with Gasteiger partial charge < -0.3 is 4.74 Å². The number of allylic oxidation sites excluding steroid dienone is 4. The number of rotatable bonds is 8. The molecule has 1 heteroatoms. The van der Waals surface area contributed by atoms with Crippen molar-refractivity contribution in [3.05, 3.63) is 43.1 Å². The molecule has 0 aliphatic heterocycles. The van der Waals surface area contributed by atoms with Crippen molar-refractivity contribution >= 4 is 0 Å². The van der Waals surface area contributed by atoms with Gasteiger partial charge in [-0.2, -0.15) is 0 Å². The van der Waals surface area contributed by atoms with Crippen LogP contribution in [0.1, 0.15) is 54.4 Å². The average molecular weight is 263 g/mol. The third kappa shape index (κ3) is 7.25. The Hall–Kier alpha value is -0.980. The summed E-state index contributed by atoms with van der Waals surface area (Å²) in [6.45, 7) is 17.8. The van der Waals surface area contributed by atoms with E-state index < -0.39 is 0 Å². The molecule has 1 nitrogen and oxygen atoms in total. The number of hydrogen-bond acceptors (Lipinski definition) is 1. The van der Waals surface area contributed by atoms with Crippen LogP contribution in [0.2, 0.25) is 0 Å². The zero-order valence-corrected chi connectivity index (χ0v) is 13.6. The molecule has 0 heterocycles. The summed E-state index contributed by atoms with van der Waals surface area (Å²) in [5.41, 5.74) is 1.66. The minimum Gasteiger partial charge on any atom is -0.501 e. The van der Waals surface area contributed by atoms with Crippen molar-refractivity contribution in [2.24, 2.45) is 10.8 Å². The monoisotopic (exact) mass is 263 g/mol. The molecule has 0 atom stereocenters. The lowest BCUT2D eigenvalue weighted by Gasteiger charge is -2.25. The second-order valence-corrected chi connectivity index (χ2v) is 6.43. The quantitative estimate of drug-likeness (QED) is 0.403. The van der Waals surface area contributed by atoms with Crippen LogP contribution in [0.25, 0.3) is 0 Å². The molecule has 1 radical (unpaired) electrons. The first-order valence-corrected chi connectivity index (χ1v) is 7.23. The van der Waals surface area contributed by atoms with Crippen molar-refractivity contribution in [3.8, 4) is 0 Å². The molecule has 0 spiro atoms. The van der Waals surface area contributed by atoms with Gasteiger partial charge in [0.1, 0.15) is 0 Å². The van der Waals surface area contributed by atoms with Crippen LogP contribution < -0.4 is 0 Å². The molecule has 19 heavy (non-hydrogen) atoms. The lowest BCUT2D eigenvalue weighted by atomic mass is 9.84. The molecule has 0 N–H and O–H groups in total. The zero-order valence-electron chi connectivity index (χ0n) is 13.6. The fraction of sp³-hybridized carbons (Fsp3) is 0.611. The van der Waals surface area contributed by atoms with E-state index in [2.05, 4.69) is 54.2 Å². The molecule has 0 rings (SSSR count). The molecule has 0 amide bonds. The van der Waals surface area contributed by atoms with Gasteiger partial charge >= 0.3 is 0 Å². The highest BCUT2D eigenvalue weighted by Crippen LogP contribution is 2.28. The number of ether oxygens (including phenoxy) is 1. The highest BCUT2D eigenvalue weighted by molar-refractivity contribution is 5.29. The highest BCUT2D eigenvalue weighted by atomic mass is 16.5. The summed E-state index contributed by atoms with van der Waals surface area (Å²) in [6.07, 6.45) is 12.0. The van der Waals surface area contributed by atoms with Crippen LogP contribution in [0.3, 0.4) is 0 Å². The summed E-state index contributed by atoms with van der Waals surface area (Å²) < 4.78 is 5.66. The van der Waals surface area contributed by atoms with Crippen molar-refractivity contribution in [1.82, 2.24) is 0 Å². The van der Waals surface area contributed by atoms with Gasteiger partial charge in [-0.25, -0.2) is 0 Å². The fourth-order valence-electron chi connectivity index (χ4n) is 1.58. The summed E-state index contributed by atoms with van der Waals surface area (Å²) in [5.74, 6) is 0. The van der Waals surface area contributed by atoms with Crippen molar-refractivity contribution in [3.63, 3.8) is 0 Å². The molecule has 0 aliphatic rings. The maximum atomic E-state index is 5.66. The molecular formula is C18H31O. The van der Waals surface area contributed by atoms with E-state index in [1.165, 1.54) is 5.57 Å². The van der Waals surface area contributed by atoms with Crippen molar-refractivity contribution in [2.75, 3.05) is 6.61 Å². The van der Waals surface area contributed by atoms with Crippen LogP contribution in [0.15, 0.2) is 36.6 Å². The topological polar surface area (TPSA) is 9.23 Å². The van der Waals surface area contributed by atoms with Crippen LogP contribution >= 0.6 is 0 Å². The summed E-state index contributed by atoms with van der Waals surface area (Å²) in [5, 5.41) is 0. The van der Waals surface area contributed by atoms with E-state index in [1.54, 1.807) is 6.26 Å². The fourth-order valence-corrected chi connectivity index (χ4v) is 1.58. The predicted octanol–water partition coefficient (Wildman–Crippen LogP) is 5.71. The van der Waals surface area contributed by atoms with Crippen molar-refractivity contribution in [1.29, 1.82) is 0 Å². The largest absolute Gasteiger partial charge is 0.501 e. The van der Waals surface area contributed by atoms with Gasteiger partial charge in [-0.15, -0.1) is 6.58 Å². The van der Waals surface area contributed by atoms with Gasteiger partial charge in [-0.05, 0) is 24.3 Å². The van der Waals surface area contributed by atoms with Gasteiger partial charge in [0.25, 0.3) is 0 Å². The van der Waals surface area contributed by atoms with E-state index in [0.717, 1.165) is 19.4 Å². The smallest absolute Gasteiger partial charge is 0.0926 e. The first-order valence-electron chi connectivity index (χ1n) is 7.23. The van der Waals surface area contributed by atoms with E-state index >= 15 is 0 Å². The van der Waals surface area contributed by atoms with Crippen LogP contribution in [-0.2, 0) is 4.74 Å². The Bertz CT molecular complexity index is 311. The Morgan fingerprint density at radius 1 is 1.11 bits per heavy atom. The molecule has 0 aromatic rings. The van der Waals surface area contributed by atoms with Crippen molar-refractivity contribution < 1.29 is 4.74 Å². The number of hydrogen-bond donors (Lipinski definition) is 0. The van der Waals surface area contributed by atoms with Crippen molar-refractivity contribution in [2.45, 2.75) is 54.4 Å². The van der Waals surface area contributed by atoms with Gasteiger partial charge in [0, 0.05) is 11.8 Å². The third-order valence-corrected chi connectivity index (χ3v) is 3.75. The highest BCUT2D eigenvalue weighted by Gasteiger charge is 2.19. The van der Waals surface area contributed by atoms with E-state index in [0.29, 0.717) is 0 Å². The van der Waals surface area contributed by atoms with Gasteiger partial charge in [0.2, 0.25) is 0 Å². The minimum absolute atomic E-state index is 0.125. The third-order valence-electron chi connectivity index (χ3n) is 3.75. The average Bonchev–Trinajstić information content (AvgIpc) is 2.35. The summed E-state index contributed by atoms with van der Waals surface area (Å²) in [7, 11) is 0. The maximum absolute atomic E-state index is 5.66. The Morgan fingerprint density at radius 3 is 2.11 bits per heavy atom. The molecule has 0 aromatic carbocycles. The molecule has 0 bridgehead atoms. The summed E-state index contributed by atoms with van der Waals surface area (Å²) >= 11 is 0. The van der Waals surface area contributed by atoms with E-state index in [-0.39, 0.29) is 10.8 Å². The molecule has 0 saturated carbocycles. The second-order valence-electron chi connectivity index (χ2n) is 6.43. The lowest BCUT2D eigenvalue weighted by molar-refractivity contribution is 0.115. The van der Waals surface area contributed by atoms with Gasteiger partial charge in [0.15, 0.2) is 0 Å². The van der Waals surface area contributed by atoms with Crippen LogP contribution in [-0.4, -0.2) is 6.61 Å². The van der Waals surface area contributed by atoms with Gasteiger partial charge in [-0.1, -0.05) is 59.3 Å². The molecule has 0 aliphatic carbocycles. The maximum Gasteiger partial charge on any atom is 0.0926 e. The van der Waals surface area contributed by atoms with E-state index in [4.69, 9.17) is 4.74 Å². The van der Waals surface area contributed by atoms with E-state index in [1.807, 2.05) is 18.6 Å². The molecular weight excluding hydrogens is 232 g/mol. The van der Waals surface area contributed by atoms with Gasteiger partial charge in [0.05, 0.1) is 12.9 Å². The van der Waals surface area contributed by atoms with E-state index in [9.17, 15) is 0 Å². The predicted molar refractivity (Wildman–Crippen MR) is 85.8 cm³/mol. The Balaban J connectivity index is 4.44. The first-order chi connectivity index (χ1) is 8.79. The Kier molecular flexibility index (Phi) is 7.82. The SMILES string of the molecule is C=C[CH]/C(=C\C=C\OCC(C)(CC)CC)C(C)(C)C. The standard InChI is InChI=1S/C18H31O/c1-8-12-16(17(4,5)6)13-11-14-19-15-18(7,9-2)10-3/h8,11-14H,1,9-10,15H2,2-7H3/b14-11+,16-13+. The van der Waals surface area contributed by atoms with Crippen LogP contribution in [0.5, 0.6) is 0 Å². The second kappa shape index (κ2) is 8.24. The van der Waals surface area contributed by atoms with Gasteiger partial charge in [-0.3, -0.25) is 0 Å². The zero-order chi connectivity index (χ0) is 14.9.